The number of nitrogens with one attached hydrogen (secondary N) is 1. The fraction of sp³-hybridized carbons (Fsp3) is 0.125. The number of fused-ring (bicyclic) bond motifs is 1. The predicted molar refractivity (Wildman–Crippen MR) is 87.6 cm³/mol. The quantitative estimate of drug-likeness (QED) is 0.799. The van der Waals surface area contributed by atoms with Crippen molar-refractivity contribution in [2.75, 3.05) is 11.9 Å². The molecule has 0 bridgehead atoms. The van der Waals surface area contributed by atoms with Gasteiger partial charge in [0.05, 0.1) is 10.2 Å². The molecule has 1 aromatic heterocycles. The van der Waals surface area contributed by atoms with E-state index < -0.39 is 0 Å². The lowest BCUT2D eigenvalue weighted by Crippen LogP contribution is -2.20. The number of amides is 1. The van der Waals surface area contributed by atoms with Crippen molar-refractivity contribution in [1.82, 2.24) is 4.57 Å². The first kappa shape index (κ1) is 15.2. The van der Waals surface area contributed by atoms with Crippen molar-refractivity contribution < 1.29 is 13.9 Å². The van der Waals surface area contributed by atoms with Gasteiger partial charge < -0.3 is 14.6 Å². The molecule has 0 unspecified atom stereocenters. The van der Waals surface area contributed by atoms with Gasteiger partial charge >= 0.3 is 4.87 Å². The summed E-state index contributed by atoms with van der Waals surface area (Å²) in [7, 11) is 1.70. The summed E-state index contributed by atoms with van der Waals surface area (Å²) in [6, 6.07) is 10.7. The molecule has 5 nitrogen and oxygen atoms in total. The normalized spacial score (nSPS) is 10.7. The summed E-state index contributed by atoms with van der Waals surface area (Å²) >= 11 is 1.12. The summed E-state index contributed by atoms with van der Waals surface area (Å²) in [6.07, 6.45) is 0. The number of anilines is 1. The summed E-state index contributed by atoms with van der Waals surface area (Å²) in [5, 5.41) is 2.70. The van der Waals surface area contributed by atoms with Gasteiger partial charge in [-0.3, -0.25) is 9.59 Å². The number of nitrogens with zero attached hydrogens (tertiary/aromatic N) is 1. The largest absolute Gasteiger partial charge is 0.484 e. The Labute approximate surface area is 134 Å². The average Bonchev–Trinajstić information content (AvgIpc) is 2.81. The first-order chi connectivity index (χ1) is 11.0. The van der Waals surface area contributed by atoms with E-state index >= 15 is 0 Å². The SMILES string of the molecule is Cn1c(=O)sc2cc(NC(=O)COc3ccc(F)cc3)ccc21. The Bertz CT molecular complexity index is 915. The zero-order valence-corrected chi connectivity index (χ0v) is 13.0. The van der Waals surface area contributed by atoms with E-state index in [-0.39, 0.29) is 23.2 Å². The van der Waals surface area contributed by atoms with Gasteiger partial charge in [-0.05, 0) is 42.5 Å². The molecule has 0 radical (unpaired) electrons. The molecule has 0 aliphatic heterocycles. The summed E-state index contributed by atoms with van der Waals surface area (Å²) in [4.78, 5) is 23.4. The number of rotatable bonds is 4. The smallest absolute Gasteiger partial charge is 0.307 e. The van der Waals surface area contributed by atoms with Crippen LogP contribution in [-0.4, -0.2) is 17.1 Å². The van der Waals surface area contributed by atoms with Gasteiger partial charge in [-0.2, -0.15) is 0 Å². The Hall–Kier alpha value is -2.67. The lowest BCUT2D eigenvalue weighted by Gasteiger charge is -2.07. The molecule has 1 heterocycles. The van der Waals surface area contributed by atoms with E-state index in [1.165, 1.54) is 24.3 Å². The third kappa shape index (κ3) is 3.40. The van der Waals surface area contributed by atoms with Crippen LogP contribution in [0.15, 0.2) is 47.3 Å². The van der Waals surface area contributed by atoms with Gasteiger partial charge in [-0.25, -0.2) is 4.39 Å². The second-order valence-electron chi connectivity index (χ2n) is 4.90. The minimum atomic E-state index is -0.364. The van der Waals surface area contributed by atoms with Gasteiger partial charge in [0.25, 0.3) is 5.91 Å². The topological polar surface area (TPSA) is 60.3 Å². The number of thiazole rings is 1. The number of halogens is 1. The second-order valence-corrected chi connectivity index (χ2v) is 5.89. The van der Waals surface area contributed by atoms with Gasteiger partial charge in [0.15, 0.2) is 6.61 Å². The highest BCUT2D eigenvalue weighted by Gasteiger charge is 2.08. The predicted octanol–water partition coefficient (Wildman–Crippen LogP) is 2.76. The summed E-state index contributed by atoms with van der Waals surface area (Å²) in [5.41, 5.74) is 1.41. The van der Waals surface area contributed by atoms with E-state index in [9.17, 15) is 14.0 Å². The highest BCUT2D eigenvalue weighted by Crippen LogP contribution is 2.21. The number of aryl methyl sites for hydroxylation is 1. The molecule has 118 valence electrons. The minimum Gasteiger partial charge on any atom is -0.484 e. The summed E-state index contributed by atoms with van der Waals surface area (Å²) in [6.45, 7) is -0.186. The maximum absolute atomic E-state index is 12.8. The number of carbonyl (C=O) groups excluding carboxylic acids is 1. The maximum Gasteiger partial charge on any atom is 0.307 e. The van der Waals surface area contributed by atoms with Crippen LogP contribution in [0.2, 0.25) is 0 Å². The van der Waals surface area contributed by atoms with Crippen LogP contribution < -0.4 is 14.9 Å². The van der Waals surface area contributed by atoms with Crippen molar-refractivity contribution in [2.24, 2.45) is 7.05 Å². The molecule has 3 rings (SSSR count). The lowest BCUT2D eigenvalue weighted by molar-refractivity contribution is -0.118. The fourth-order valence-electron chi connectivity index (χ4n) is 2.09. The Balaban J connectivity index is 1.65. The zero-order chi connectivity index (χ0) is 16.4. The van der Waals surface area contributed by atoms with Gasteiger partial charge in [0.2, 0.25) is 0 Å². The van der Waals surface area contributed by atoms with Crippen molar-refractivity contribution >= 4 is 33.1 Å². The molecule has 0 saturated heterocycles. The molecule has 0 fully saturated rings. The number of aromatic nitrogens is 1. The third-order valence-corrected chi connectivity index (χ3v) is 4.26. The van der Waals surface area contributed by atoms with Gasteiger partial charge in [0.1, 0.15) is 11.6 Å². The number of hydrogen-bond donors (Lipinski definition) is 1. The fourth-order valence-corrected chi connectivity index (χ4v) is 3.01. The van der Waals surface area contributed by atoms with Crippen molar-refractivity contribution in [2.45, 2.75) is 0 Å². The van der Waals surface area contributed by atoms with E-state index in [1.807, 2.05) is 0 Å². The molecule has 1 amide bonds. The average molecular weight is 332 g/mol. The Kier molecular flexibility index (Phi) is 4.12. The van der Waals surface area contributed by atoms with Gasteiger partial charge in [-0.1, -0.05) is 11.3 Å². The third-order valence-electron chi connectivity index (χ3n) is 3.26. The van der Waals surface area contributed by atoms with Crippen molar-refractivity contribution in [3.8, 4) is 5.75 Å². The minimum absolute atomic E-state index is 0.0527. The number of hydrogen-bond acceptors (Lipinski definition) is 4. The molecule has 1 N–H and O–H groups in total. The van der Waals surface area contributed by atoms with Crippen LogP contribution in [0.4, 0.5) is 10.1 Å². The molecule has 0 saturated carbocycles. The second kappa shape index (κ2) is 6.21. The van der Waals surface area contributed by atoms with Crippen LogP contribution >= 0.6 is 11.3 Å². The first-order valence-corrected chi connectivity index (χ1v) is 7.62. The standard InChI is InChI=1S/C16H13FN2O3S/c1-19-13-7-4-11(8-14(13)23-16(19)21)18-15(20)9-22-12-5-2-10(17)3-6-12/h2-8H,9H2,1H3,(H,18,20). The first-order valence-electron chi connectivity index (χ1n) is 6.81. The number of benzene rings is 2. The van der Waals surface area contributed by atoms with Crippen LogP contribution in [0.25, 0.3) is 10.2 Å². The molecule has 23 heavy (non-hydrogen) atoms. The van der Waals surface area contributed by atoms with Crippen molar-refractivity contribution in [3.63, 3.8) is 0 Å². The van der Waals surface area contributed by atoms with Crippen LogP contribution in [0.3, 0.4) is 0 Å². The van der Waals surface area contributed by atoms with E-state index in [1.54, 1.807) is 29.8 Å². The molecule has 3 aromatic rings. The van der Waals surface area contributed by atoms with Gasteiger partial charge in [-0.15, -0.1) is 0 Å². The molecule has 0 aliphatic rings. The van der Waals surface area contributed by atoms with Crippen LogP contribution in [-0.2, 0) is 11.8 Å². The number of ether oxygens (including phenoxy) is 1. The van der Waals surface area contributed by atoms with E-state index in [0.717, 1.165) is 21.6 Å². The van der Waals surface area contributed by atoms with Gasteiger partial charge in [0, 0.05) is 12.7 Å². The molecular weight excluding hydrogens is 319 g/mol. The van der Waals surface area contributed by atoms with Crippen LogP contribution in [0.5, 0.6) is 5.75 Å². The molecule has 7 heteroatoms. The van der Waals surface area contributed by atoms with Crippen molar-refractivity contribution in [3.05, 3.63) is 57.9 Å². The van der Waals surface area contributed by atoms with Crippen LogP contribution in [0.1, 0.15) is 0 Å². The summed E-state index contributed by atoms with van der Waals surface area (Å²) < 4.78 is 20.4. The Morgan fingerprint density at radius 2 is 2.00 bits per heavy atom. The van der Waals surface area contributed by atoms with E-state index in [0.29, 0.717) is 11.4 Å². The monoisotopic (exact) mass is 332 g/mol. The molecule has 0 spiro atoms. The maximum atomic E-state index is 12.8. The highest BCUT2D eigenvalue weighted by atomic mass is 32.1. The Morgan fingerprint density at radius 3 is 2.74 bits per heavy atom. The van der Waals surface area contributed by atoms with E-state index in [2.05, 4.69) is 5.32 Å². The van der Waals surface area contributed by atoms with E-state index in [4.69, 9.17) is 4.74 Å². The van der Waals surface area contributed by atoms with Crippen LogP contribution in [0, 0.1) is 5.82 Å². The lowest BCUT2D eigenvalue weighted by atomic mass is 10.3. The highest BCUT2D eigenvalue weighted by molar-refractivity contribution is 7.16. The number of carbonyl (C=O) groups is 1. The molecule has 0 aliphatic carbocycles. The summed E-state index contributed by atoms with van der Waals surface area (Å²) in [5.74, 6) is -0.285. The van der Waals surface area contributed by atoms with Crippen molar-refractivity contribution in [1.29, 1.82) is 0 Å². The molecular formula is C16H13FN2O3S. The molecule has 0 atom stereocenters. The Morgan fingerprint density at radius 1 is 1.26 bits per heavy atom. The molecule has 2 aromatic carbocycles. The zero-order valence-electron chi connectivity index (χ0n) is 12.2.